The molecule has 1 aromatic rings. The van der Waals surface area contributed by atoms with E-state index in [2.05, 4.69) is 84.4 Å². The van der Waals surface area contributed by atoms with Crippen LogP contribution in [0.15, 0.2) is 76.4 Å². The van der Waals surface area contributed by atoms with Crippen molar-refractivity contribution in [2.75, 3.05) is 7.11 Å². The number of hydrogen-bond acceptors (Lipinski definition) is 2. The molecule has 0 heterocycles. The molecule has 0 aliphatic carbocycles. The standard InChI is InChI=1S/C28H37BrO2/c1-6-8-10-11-16-25(15-9-7-2)26-19-17-24(18-20-26)14-12-13-22(3)27(29)21-23(4)28(30)31-5/h6,8,12-13,16-21H,7,9-11,14-15H2,1-5H3/b8-6+,13-12+,23-21+,25-16-,27-22+. The van der Waals surface area contributed by atoms with Crippen molar-refractivity contribution in [3.8, 4) is 0 Å². The molecule has 0 aliphatic rings. The van der Waals surface area contributed by atoms with E-state index in [-0.39, 0.29) is 5.97 Å². The van der Waals surface area contributed by atoms with Crippen molar-refractivity contribution in [1.82, 2.24) is 0 Å². The summed E-state index contributed by atoms with van der Waals surface area (Å²) in [6, 6.07) is 8.95. The molecule has 0 unspecified atom stereocenters. The normalized spacial score (nSPS) is 13.7. The molecule has 1 rings (SSSR count). The molecule has 0 saturated heterocycles. The average molecular weight is 486 g/mol. The van der Waals surface area contributed by atoms with Gasteiger partial charge >= 0.3 is 5.97 Å². The highest BCUT2D eigenvalue weighted by Gasteiger charge is 2.04. The van der Waals surface area contributed by atoms with Crippen LogP contribution >= 0.6 is 15.9 Å². The van der Waals surface area contributed by atoms with Crippen molar-refractivity contribution in [3.63, 3.8) is 0 Å². The van der Waals surface area contributed by atoms with Crippen molar-refractivity contribution in [2.45, 2.75) is 66.2 Å². The Morgan fingerprint density at radius 3 is 2.42 bits per heavy atom. The van der Waals surface area contributed by atoms with Gasteiger partial charge in [-0.25, -0.2) is 4.79 Å². The third-order valence-electron chi connectivity index (χ3n) is 5.03. The first-order valence-corrected chi connectivity index (χ1v) is 11.9. The zero-order valence-corrected chi connectivity index (χ0v) is 21.3. The fourth-order valence-electron chi connectivity index (χ4n) is 3.08. The van der Waals surface area contributed by atoms with Crippen LogP contribution in [-0.2, 0) is 16.0 Å². The molecule has 0 saturated carbocycles. The van der Waals surface area contributed by atoms with Gasteiger partial charge in [0.05, 0.1) is 7.11 Å². The van der Waals surface area contributed by atoms with Crippen LogP contribution in [0, 0.1) is 0 Å². The molecule has 0 spiro atoms. The highest BCUT2D eigenvalue weighted by molar-refractivity contribution is 9.11. The lowest BCUT2D eigenvalue weighted by Crippen LogP contribution is -2.01. The van der Waals surface area contributed by atoms with Crippen LogP contribution in [0.3, 0.4) is 0 Å². The van der Waals surface area contributed by atoms with E-state index in [0.717, 1.165) is 35.7 Å². The number of esters is 1. The molecule has 0 aliphatic heterocycles. The Kier molecular flexibility index (Phi) is 13.6. The molecule has 0 amide bonds. The molecule has 0 radical (unpaired) electrons. The summed E-state index contributed by atoms with van der Waals surface area (Å²) in [6.45, 7) is 8.08. The quantitative estimate of drug-likeness (QED) is 0.0975. The average Bonchev–Trinajstić information content (AvgIpc) is 2.78. The zero-order chi connectivity index (χ0) is 23.1. The first-order chi connectivity index (χ1) is 14.9. The summed E-state index contributed by atoms with van der Waals surface area (Å²) < 4.78 is 5.62. The highest BCUT2D eigenvalue weighted by atomic mass is 79.9. The van der Waals surface area contributed by atoms with Gasteiger partial charge in [-0.05, 0) is 81.2 Å². The Morgan fingerprint density at radius 1 is 1.10 bits per heavy atom. The first kappa shape index (κ1) is 26.9. The van der Waals surface area contributed by atoms with E-state index in [4.69, 9.17) is 4.74 Å². The molecular formula is C28H37BrO2. The molecular weight excluding hydrogens is 448 g/mol. The SMILES string of the molecule is C/C=C/CC/C=C(/CCCC)c1ccc(C/C=C/C(C)=C(Br)\C=C(/C)C(=O)OC)cc1. The number of ether oxygens (including phenoxy) is 1. The number of halogens is 1. The van der Waals surface area contributed by atoms with Crippen LogP contribution in [0.2, 0.25) is 0 Å². The number of methoxy groups -OCH3 is 1. The summed E-state index contributed by atoms with van der Waals surface area (Å²) in [7, 11) is 1.39. The van der Waals surface area contributed by atoms with Gasteiger partial charge in [-0.2, -0.15) is 0 Å². The third kappa shape index (κ3) is 10.6. The van der Waals surface area contributed by atoms with Gasteiger partial charge in [0.25, 0.3) is 0 Å². The number of allylic oxidation sites excluding steroid dienone is 9. The second-order valence-electron chi connectivity index (χ2n) is 7.63. The Bertz CT molecular complexity index is 836. The monoisotopic (exact) mass is 484 g/mol. The van der Waals surface area contributed by atoms with E-state index in [9.17, 15) is 4.79 Å². The molecule has 0 fully saturated rings. The van der Waals surface area contributed by atoms with E-state index in [0.29, 0.717) is 5.57 Å². The summed E-state index contributed by atoms with van der Waals surface area (Å²) in [5.41, 5.74) is 5.71. The lowest BCUT2D eigenvalue weighted by molar-refractivity contribution is -0.136. The first-order valence-electron chi connectivity index (χ1n) is 11.1. The van der Waals surface area contributed by atoms with Crippen LogP contribution in [0.4, 0.5) is 0 Å². The van der Waals surface area contributed by atoms with Gasteiger partial charge in [0.2, 0.25) is 0 Å². The van der Waals surface area contributed by atoms with E-state index in [1.165, 1.54) is 36.7 Å². The van der Waals surface area contributed by atoms with Crippen LogP contribution in [0.25, 0.3) is 5.57 Å². The van der Waals surface area contributed by atoms with Crippen molar-refractivity contribution < 1.29 is 9.53 Å². The summed E-state index contributed by atoms with van der Waals surface area (Å²) in [6.07, 6.45) is 19.4. The highest BCUT2D eigenvalue weighted by Crippen LogP contribution is 2.23. The number of unbranched alkanes of at least 4 members (excludes halogenated alkanes) is 2. The fourth-order valence-corrected chi connectivity index (χ4v) is 3.56. The van der Waals surface area contributed by atoms with Gasteiger partial charge in [-0.15, -0.1) is 0 Å². The summed E-state index contributed by atoms with van der Waals surface area (Å²) >= 11 is 3.54. The molecule has 0 N–H and O–H groups in total. The molecule has 0 bridgehead atoms. The van der Waals surface area contributed by atoms with E-state index < -0.39 is 0 Å². The fraction of sp³-hybridized carbons (Fsp3) is 0.393. The van der Waals surface area contributed by atoms with Gasteiger partial charge in [0.1, 0.15) is 0 Å². The van der Waals surface area contributed by atoms with Gasteiger partial charge in [0.15, 0.2) is 0 Å². The Morgan fingerprint density at radius 2 is 1.81 bits per heavy atom. The van der Waals surface area contributed by atoms with Crippen molar-refractivity contribution in [2.24, 2.45) is 0 Å². The maximum atomic E-state index is 11.5. The molecule has 31 heavy (non-hydrogen) atoms. The lowest BCUT2D eigenvalue weighted by Gasteiger charge is -2.09. The van der Waals surface area contributed by atoms with Gasteiger partial charge in [-0.3, -0.25) is 0 Å². The molecule has 3 heteroatoms. The van der Waals surface area contributed by atoms with Crippen LogP contribution in [0.5, 0.6) is 0 Å². The number of carbonyl (C=O) groups excluding carboxylic acids is 1. The minimum Gasteiger partial charge on any atom is -0.466 e. The summed E-state index contributed by atoms with van der Waals surface area (Å²) in [5, 5.41) is 0. The predicted octanol–water partition coefficient (Wildman–Crippen LogP) is 8.50. The van der Waals surface area contributed by atoms with E-state index in [1.54, 1.807) is 13.0 Å². The van der Waals surface area contributed by atoms with Crippen LogP contribution in [0.1, 0.15) is 70.9 Å². The van der Waals surface area contributed by atoms with E-state index >= 15 is 0 Å². The minimum atomic E-state index is -0.317. The molecule has 1 aromatic carbocycles. The number of rotatable bonds is 12. The van der Waals surface area contributed by atoms with Gasteiger partial charge < -0.3 is 4.74 Å². The molecule has 168 valence electrons. The van der Waals surface area contributed by atoms with Crippen LogP contribution in [-0.4, -0.2) is 13.1 Å². The largest absolute Gasteiger partial charge is 0.466 e. The number of carbonyl (C=O) groups is 1. The van der Waals surface area contributed by atoms with E-state index in [1.807, 2.05) is 6.92 Å². The van der Waals surface area contributed by atoms with Crippen molar-refractivity contribution >= 4 is 27.5 Å². The zero-order valence-electron chi connectivity index (χ0n) is 19.7. The Balaban J connectivity index is 2.81. The topological polar surface area (TPSA) is 26.3 Å². The number of hydrogen-bond donors (Lipinski definition) is 0. The second-order valence-corrected chi connectivity index (χ2v) is 8.49. The van der Waals surface area contributed by atoms with Crippen LogP contribution < -0.4 is 0 Å². The number of benzene rings is 1. The minimum absolute atomic E-state index is 0.317. The maximum Gasteiger partial charge on any atom is 0.333 e. The smallest absolute Gasteiger partial charge is 0.333 e. The van der Waals surface area contributed by atoms with Crippen molar-refractivity contribution in [3.05, 3.63) is 87.5 Å². The molecule has 2 nitrogen and oxygen atoms in total. The second kappa shape index (κ2) is 15.6. The Hall–Kier alpha value is -2.13. The third-order valence-corrected chi connectivity index (χ3v) is 5.89. The Labute approximate surface area is 197 Å². The lowest BCUT2D eigenvalue weighted by atomic mass is 9.97. The van der Waals surface area contributed by atoms with Crippen molar-refractivity contribution in [1.29, 1.82) is 0 Å². The molecule has 0 atom stereocenters. The summed E-state index contributed by atoms with van der Waals surface area (Å²) in [5.74, 6) is -0.317. The summed E-state index contributed by atoms with van der Waals surface area (Å²) in [4.78, 5) is 11.5. The maximum absolute atomic E-state index is 11.5. The predicted molar refractivity (Wildman–Crippen MR) is 138 cm³/mol. The molecule has 0 aromatic heterocycles. The van der Waals surface area contributed by atoms with Gasteiger partial charge in [0, 0.05) is 10.1 Å². The van der Waals surface area contributed by atoms with Gasteiger partial charge in [-0.1, -0.05) is 83.9 Å².